The highest BCUT2D eigenvalue weighted by Gasteiger charge is 2.08. The molecule has 3 nitrogen and oxygen atoms in total. The first-order valence-corrected chi connectivity index (χ1v) is 2.80. The third-order valence-electron chi connectivity index (χ3n) is 0.0642. The van der Waals surface area contributed by atoms with E-state index < -0.39 is 7.38 Å². The molecule has 0 aliphatic rings. The van der Waals surface area contributed by atoms with Crippen LogP contribution in [0.3, 0.4) is 0 Å². The lowest BCUT2D eigenvalue weighted by Gasteiger charge is -1.51. The number of rotatable bonds is 1. The van der Waals surface area contributed by atoms with E-state index in [1.165, 1.54) is 0 Å². The minimum Gasteiger partial charge on any atom is -0.203 e. The summed E-state index contributed by atoms with van der Waals surface area (Å²) in [6.07, 6.45) is 0. The predicted octanol–water partition coefficient (Wildman–Crippen LogP) is 1.37. The van der Waals surface area contributed by atoms with Gasteiger partial charge in [-0.1, -0.05) is 0 Å². The number of hydrogen-bond acceptors (Lipinski definition) is 3. The van der Waals surface area contributed by atoms with Crippen LogP contribution in [-0.2, 0) is 9.24 Å². The molecule has 30 valence electrons. The summed E-state index contributed by atoms with van der Waals surface area (Å²) in [5.74, 6) is 0. The van der Waals surface area contributed by atoms with Gasteiger partial charge >= 0.3 is 7.38 Å². The van der Waals surface area contributed by atoms with Crippen LogP contribution in [0.5, 0.6) is 0 Å². The molecule has 0 bridgehead atoms. The van der Waals surface area contributed by atoms with Crippen molar-refractivity contribution in [3.05, 3.63) is 0 Å². The van der Waals surface area contributed by atoms with Gasteiger partial charge < -0.3 is 0 Å². The standard InChI is InChI=1S/ClO3P/c1-5(3)4-2/p+1. The Balaban J connectivity index is 2.85. The van der Waals surface area contributed by atoms with Gasteiger partial charge in [-0.2, -0.15) is 0 Å². The molecule has 5 heteroatoms. The lowest BCUT2D eigenvalue weighted by molar-refractivity contribution is -0.127. The smallest absolute Gasteiger partial charge is 0.203 e. The molecule has 1 N–H and O–H groups in total. The van der Waals surface area contributed by atoms with Gasteiger partial charge in [0.1, 0.15) is 0 Å². The summed E-state index contributed by atoms with van der Waals surface area (Å²) < 4.78 is 12.3. The van der Waals surface area contributed by atoms with Gasteiger partial charge in [0.2, 0.25) is 11.2 Å². The molecule has 0 saturated heterocycles. The van der Waals surface area contributed by atoms with Crippen LogP contribution >= 0.6 is 18.6 Å². The molecule has 0 heterocycles. The fourth-order valence-corrected chi connectivity index (χ4v) is 0. The Hall–Kier alpha value is 0.310. The molecule has 0 amide bonds. The van der Waals surface area contributed by atoms with Crippen LogP contribution in [0.4, 0.5) is 0 Å². The average molecular weight is 115 g/mol. The van der Waals surface area contributed by atoms with Gasteiger partial charge in [0.05, 0.1) is 0 Å². The Kier molecular flexibility index (Phi) is 2.70. The first-order chi connectivity index (χ1) is 2.27. The first kappa shape index (κ1) is 5.31. The fourth-order valence-electron chi connectivity index (χ4n) is 0. The van der Waals surface area contributed by atoms with E-state index in [9.17, 15) is 4.57 Å². The second-order valence-electron chi connectivity index (χ2n) is 0.294. The van der Waals surface area contributed by atoms with Crippen molar-refractivity contribution in [1.29, 1.82) is 0 Å². The maximum atomic E-state index is 9.25. The largest absolute Gasteiger partial charge is 0.664 e. The molecule has 0 aromatic heterocycles. The van der Waals surface area contributed by atoms with Crippen molar-refractivity contribution in [3.63, 3.8) is 0 Å². The van der Waals surface area contributed by atoms with Crippen LogP contribution in [-0.4, -0.2) is 5.26 Å². The summed E-state index contributed by atoms with van der Waals surface area (Å²) in [4.78, 5) is 0. The minimum absolute atomic E-state index is 2.32. The summed E-state index contributed by atoms with van der Waals surface area (Å²) in [6.45, 7) is 0. The second kappa shape index (κ2) is 2.54. The predicted molar refractivity (Wildman–Crippen MR) is 17.2 cm³/mol. The van der Waals surface area contributed by atoms with Gasteiger partial charge in [0.15, 0.2) is 0 Å². The normalized spacial score (nSPS) is 11.2. The molecule has 0 aromatic rings. The lowest BCUT2D eigenvalue weighted by atomic mass is 15.0. The van der Waals surface area contributed by atoms with Crippen LogP contribution in [0.25, 0.3) is 0 Å². The molecule has 0 aliphatic heterocycles. The van der Waals surface area contributed by atoms with E-state index in [0.29, 0.717) is 0 Å². The molecule has 5 heavy (non-hydrogen) atoms. The molecule has 0 aliphatic carbocycles. The van der Waals surface area contributed by atoms with E-state index in [-0.39, 0.29) is 0 Å². The molecule has 0 saturated carbocycles. The van der Waals surface area contributed by atoms with Crippen LogP contribution in [0.15, 0.2) is 0 Å². The SMILES string of the molecule is O=[P+](Cl)OO. The third-order valence-corrected chi connectivity index (χ3v) is 0.378. The van der Waals surface area contributed by atoms with E-state index in [4.69, 9.17) is 5.26 Å². The molecule has 0 rings (SSSR count). The maximum Gasteiger partial charge on any atom is 0.664 e. The van der Waals surface area contributed by atoms with Crippen molar-refractivity contribution in [2.75, 3.05) is 0 Å². The zero-order valence-electron chi connectivity index (χ0n) is 2.09. The van der Waals surface area contributed by atoms with Crippen LogP contribution in [0.2, 0.25) is 0 Å². The topological polar surface area (TPSA) is 46.5 Å². The van der Waals surface area contributed by atoms with Crippen LogP contribution < -0.4 is 0 Å². The molecule has 0 spiro atoms. The Morgan fingerprint density at radius 2 is 2.20 bits per heavy atom. The highest BCUT2D eigenvalue weighted by atomic mass is 35.7. The summed E-state index contributed by atoms with van der Waals surface area (Å²) >= 11 is 4.50. The summed E-state index contributed by atoms with van der Waals surface area (Å²) in [6, 6.07) is 0. The van der Waals surface area contributed by atoms with Crippen molar-refractivity contribution in [3.8, 4) is 0 Å². The Bertz CT molecular complexity index is 42.2. The molecular weight excluding hydrogens is 114 g/mol. The Morgan fingerprint density at radius 3 is 2.20 bits per heavy atom. The highest BCUT2D eigenvalue weighted by Crippen LogP contribution is 2.24. The van der Waals surface area contributed by atoms with Gasteiger partial charge in [-0.3, -0.25) is 0 Å². The summed E-state index contributed by atoms with van der Waals surface area (Å²) in [7, 11) is -2.32. The van der Waals surface area contributed by atoms with E-state index >= 15 is 0 Å². The first-order valence-electron chi connectivity index (χ1n) is 0.717. The number of halogens is 1. The van der Waals surface area contributed by atoms with E-state index in [2.05, 4.69) is 15.9 Å². The average Bonchev–Trinajstić information content (AvgIpc) is 1.38. The van der Waals surface area contributed by atoms with Crippen molar-refractivity contribution in [1.82, 2.24) is 0 Å². The molecule has 0 aromatic carbocycles. The van der Waals surface area contributed by atoms with Crippen molar-refractivity contribution >= 4 is 18.6 Å². The summed E-state index contributed by atoms with van der Waals surface area (Å²) in [5, 5.41) is 7.23. The summed E-state index contributed by atoms with van der Waals surface area (Å²) in [5.41, 5.74) is 0. The second-order valence-corrected chi connectivity index (χ2v) is 1.71. The van der Waals surface area contributed by atoms with Crippen molar-refractivity contribution < 1.29 is 14.5 Å². The van der Waals surface area contributed by atoms with Crippen LogP contribution in [0.1, 0.15) is 0 Å². The third kappa shape index (κ3) is 4.31. The zero-order valence-corrected chi connectivity index (χ0v) is 3.74. The Morgan fingerprint density at radius 1 is 2.00 bits per heavy atom. The van der Waals surface area contributed by atoms with E-state index in [1.54, 1.807) is 0 Å². The minimum atomic E-state index is -2.32. The van der Waals surface area contributed by atoms with Gasteiger partial charge in [-0.25, -0.2) is 5.26 Å². The highest BCUT2D eigenvalue weighted by molar-refractivity contribution is 7.69. The quantitative estimate of drug-likeness (QED) is 0.319. The molecular formula is HClO3P+. The van der Waals surface area contributed by atoms with Gasteiger partial charge in [-0.15, -0.1) is 0 Å². The molecule has 0 radical (unpaired) electrons. The monoisotopic (exact) mass is 115 g/mol. The van der Waals surface area contributed by atoms with E-state index in [1.807, 2.05) is 0 Å². The lowest BCUT2D eigenvalue weighted by Crippen LogP contribution is -1.52. The Labute approximate surface area is 34.1 Å². The fraction of sp³-hybridized carbons (Fsp3) is 0. The van der Waals surface area contributed by atoms with Gasteiger partial charge in [0.25, 0.3) is 0 Å². The maximum absolute atomic E-state index is 9.25. The zero-order chi connectivity index (χ0) is 4.28. The van der Waals surface area contributed by atoms with Crippen LogP contribution in [0, 0.1) is 0 Å². The van der Waals surface area contributed by atoms with Crippen molar-refractivity contribution in [2.45, 2.75) is 0 Å². The molecule has 1 atom stereocenters. The number of hydrogen-bond donors (Lipinski definition) is 1. The molecule has 0 fully saturated rings. The van der Waals surface area contributed by atoms with Gasteiger partial charge in [0, 0.05) is 4.67 Å². The molecule has 1 unspecified atom stereocenters. The van der Waals surface area contributed by atoms with Crippen molar-refractivity contribution in [2.24, 2.45) is 0 Å². The van der Waals surface area contributed by atoms with E-state index in [0.717, 1.165) is 0 Å². The van der Waals surface area contributed by atoms with Gasteiger partial charge in [-0.05, 0) is 4.57 Å².